The lowest BCUT2D eigenvalue weighted by Gasteiger charge is -2.08. The van der Waals surface area contributed by atoms with Crippen molar-refractivity contribution >= 4 is 10.0 Å². The summed E-state index contributed by atoms with van der Waals surface area (Å²) >= 11 is 0. The Kier molecular flexibility index (Phi) is 4.32. The Labute approximate surface area is 114 Å². The Morgan fingerprint density at radius 2 is 1.95 bits per heavy atom. The fourth-order valence-electron chi connectivity index (χ4n) is 2.11. The normalized spacial score (nSPS) is 15.9. The quantitative estimate of drug-likeness (QED) is 0.802. The van der Waals surface area contributed by atoms with Crippen LogP contribution in [0.3, 0.4) is 0 Å². The van der Waals surface area contributed by atoms with Gasteiger partial charge in [-0.3, -0.25) is 0 Å². The number of hydrogen-bond acceptors (Lipinski definition) is 4. The predicted octanol–water partition coefficient (Wildman–Crippen LogP) is 1.84. The van der Waals surface area contributed by atoms with E-state index in [1.807, 2.05) is 13.8 Å². The van der Waals surface area contributed by atoms with Crippen molar-refractivity contribution in [3.63, 3.8) is 0 Å². The van der Waals surface area contributed by atoms with E-state index in [1.54, 1.807) is 6.92 Å². The van der Waals surface area contributed by atoms with Gasteiger partial charge in [0.15, 0.2) is 0 Å². The molecule has 1 aliphatic carbocycles. The Bertz CT molecular complexity index is 544. The molecule has 0 bridgehead atoms. The van der Waals surface area contributed by atoms with E-state index in [-0.39, 0.29) is 0 Å². The van der Waals surface area contributed by atoms with Crippen LogP contribution in [0.4, 0.5) is 0 Å². The molecule has 0 unspecified atom stereocenters. The highest BCUT2D eigenvalue weighted by atomic mass is 32.2. The Morgan fingerprint density at radius 1 is 1.26 bits per heavy atom. The van der Waals surface area contributed by atoms with Crippen LogP contribution < -0.4 is 10.0 Å². The summed E-state index contributed by atoms with van der Waals surface area (Å²) in [7, 11) is -3.47. The summed E-state index contributed by atoms with van der Waals surface area (Å²) in [5, 5.41) is 3.34. The SMILES string of the molecule is CCCNS(=O)(=O)c1c(C)oc(C)c1CNC1CC1. The molecule has 0 saturated heterocycles. The molecule has 2 rings (SSSR count). The predicted molar refractivity (Wildman–Crippen MR) is 73.5 cm³/mol. The Hall–Kier alpha value is -0.850. The van der Waals surface area contributed by atoms with Gasteiger partial charge < -0.3 is 9.73 Å². The first-order chi connectivity index (χ1) is 8.95. The van der Waals surface area contributed by atoms with Crippen molar-refractivity contribution in [1.82, 2.24) is 10.0 Å². The number of aryl methyl sites for hydroxylation is 2. The second kappa shape index (κ2) is 5.64. The summed E-state index contributed by atoms with van der Waals surface area (Å²) < 4.78 is 32.7. The zero-order valence-corrected chi connectivity index (χ0v) is 12.6. The van der Waals surface area contributed by atoms with E-state index < -0.39 is 10.0 Å². The third-order valence-corrected chi connectivity index (χ3v) is 4.94. The zero-order valence-electron chi connectivity index (χ0n) is 11.7. The maximum absolute atomic E-state index is 12.3. The summed E-state index contributed by atoms with van der Waals surface area (Å²) in [6.45, 7) is 6.45. The minimum atomic E-state index is -3.47. The molecular weight excluding hydrogens is 264 g/mol. The molecule has 0 radical (unpaired) electrons. The monoisotopic (exact) mass is 286 g/mol. The van der Waals surface area contributed by atoms with Crippen LogP contribution in [-0.4, -0.2) is 21.0 Å². The van der Waals surface area contributed by atoms with Crippen LogP contribution in [0.2, 0.25) is 0 Å². The molecule has 1 heterocycles. The third-order valence-electron chi connectivity index (χ3n) is 3.28. The number of furan rings is 1. The second-order valence-electron chi connectivity index (χ2n) is 5.08. The van der Waals surface area contributed by atoms with Crippen molar-refractivity contribution in [3.05, 3.63) is 17.1 Å². The van der Waals surface area contributed by atoms with Gasteiger partial charge in [0, 0.05) is 24.7 Å². The van der Waals surface area contributed by atoms with Gasteiger partial charge in [0.05, 0.1) is 0 Å². The van der Waals surface area contributed by atoms with Crippen molar-refractivity contribution in [2.75, 3.05) is 6.54 Å². The molecule has 0 aromatic carbocycles. The van der Waals surface area contributed by atoms with Crippen LogP contribution in [0, 0.1) is 13.8 Å². The minimum absolute atomic E-state index is 0.312. The highest BCUT2D eigenvalue weighted by Gasteiger charge is 2.28. The molecule has 0 atom stereocenters. The molecular formula is C13H22N2O3S. The summed E-state index contributed by atoms with van der Waals surface area (Å²) in [5.41, 5.74) is 0.757. The molecule has 1 aromatic heterocycles. The molecule has 6 heteroatoms. The van der Waals surface area contributed by atoms with Crippen molar-refractivity contribution in [3.8, 4) is 0 Å². The minimum Gasteiger partial charge on any atom is -0.465 e. The standard InChI is InChI=1S/C13H22N2O3S/c1-4-7-15-19(16,17)13-10(3)18-9(2)12(13)8-14-11-5-6-11/h11,14-15H,4-8H2,1-3H3. The van der Waals surface area contributed by atoms with Gasteiger partial charge in [-0.2, -0.15) is 0 Å². The third kappa shape index (κ3) is 3.38. The summed E-state index contributed by atoms with van der Waals surface area (Å²) in [4.78, 5) is 0.312. The lowest BCUT2D eigenvalue weighted by molar-refractivity contribution is 0.492. The molecule has 1 aromatic rings. The number of nitrogens with one attached hydrogen (secondary N) is 2. The fraction of sp³-hybridized carbons (Fsp3) is 0.692. The van der Waals surface area contributed by atoms with Crippen LogP contribution in [0.1, 0.15) is 43.3 Å². The van der Waals surface area contributed by atoms with E-state index in [4.69, 9.17) is 4.42 Å². The summed E-state index contributed by atoms with van der Waals surface area (Å²) in [5.74, 6) is 1.15. The molecule has 2 N–H and O–H groups in total. The van der Waals surface area contributed by atoms with E-state index in [0.717, 1.165) is 12.0 Å². The molecule has 1 fully saturated rings. The van der Waals surface area contributed by atoms with Gasteiger partial charge in [-0.05, 0) is 33.1 Å². The average molecular weight is 286 g/mol. The van der Waals surface area contributed by atoms with Crippen LogP contribution >= 0.6 is 0 Å². The van der Waals surface area contributed by atoms with E-state index >= 15 is 0 Å². The van der Waals surface area contributed by atoms with E-state index in [9.17, 15) is 8.42 Å². The first kappa shape index (κ1) is 14.6. The van der Waals surface area contributed by atoms with Crippen molar-refractivity contribution in [1.29, 1.82) is 0 Å². The van der Waals surface area contributed by atoms with Gasteiger partial charge in [0.1, 0.15) is 16.4 Å². The molecule has 0 amide bonds. The highest BCUT2D eigenvalue weighted by Crippen LogP contribution is 2.28. The molecule has 0 aliphatic heterocycles. The smallest absolute Gasteiger partial charge is 0.244 e. The van der Waals surface area contributed by atoms with Gasteiger partial charge in [-0.25, -0.2) is 13.1 Å². The van der Waals surface area contributed by atoms with Crippen molar-refractivity contribution in [2.45, 2.75) is 57.5 Å². The van der Waals surface area contributed by atoms with Crippen LogP contribution in [0.5, 0.6) is 0 Å². The highest BCUT2D eigenvalue weighted by molar-refractivity contribution is 7.89. The van der Waals surface area contributed by atoms with Crippen molar-refractivity contribution < 1.29 is 12.8 Å². The average Bonchev–Trinajstić information content (AvgIpc) is 3.10. The molecule has 0 spiro atoms. The number of hydrogen-bond donors (Lipinski definition) is 2. The maximum Gasteiger partial charge on any atom is 0.244 e. The largest absolute Gasteiger partial charge is 0.465 e. The van der Waals surface area contributed by atoms with E-state index in [0.29, 0.717) is 35.5 Å². The van der Waals surface area contributed by atoms with Crippen LogP contribution in [-0.2, 0) is 16.6 Å². The van der Waals surface area contributed by atoms with Crippen LogP contribution in [0.15, 0.2) is 9.31 Å². The topological polar surface area (TPSA) is 71.3 Å². The number of sulfonamides is 1. The molecule has 1 aliphatic rings. The van der Waals surface area contributed by atoms with Gasteiger partial charge in [-0.1, -0.05) is 6.92 Å². The number of rotatable bonds is 7. The summed E-state index contributed by atoms with van der Waals surface area (Å²) in [6, 6.07) is 0.536. The zero-order chi connectivity index (χ0) is 14.0. The maximum atomic E-state index is 12.3. The van der Waals surface area contributed by atoms with Gasteiger partial charge in [0.25, 0.3) is 0 Å². The fourth-order valence-corrected chi connectivity index (χ4v) is 3.69. The van der Waals surface area contributed by atoms with Gasteiger partial charge >= 0.3 is 0 Å². The van der Waals surface area contributed by atoms with Crippen molar-refractivity contribution in [2.24, 2.45) is 0 Å². The lowest BCUT2D eigenvalue weighted by Crippen LogP contribution is -2.27. The molecule has 108 valence electrons. The second-order valence-corrected chi connectivity index (χ2v) is 6.78. The lowest BCUT2D eigenvalue weighted by atomic mass is 10.2. The molecule has 5 nitrogen and oxygen atoms in total. The van der Waals surface area contributed by atoms with Crippen LogP contribution in [0.25, 0.3) is 0 Å². The first-order valence-corrected chi connectivity index (χ1v) is 8.26. The van der Waals surface area contributed by atoms with Gasteiger partial charge in [-0.15, -0.1) is 0 Å². The van der Waals surface area contributed by atoms with Gasteiger partial charge in [0.2, 0.25) is 10.0 Å². The van der Waals surface area contributed by atoms with E-state index in [2.05, 4.69) is 10.0 Å². The Balaban J connectivity index is 2.26. The van der Waals surface area contributed by atoms with E-state index in [1.165, 1.54) is 12.8 Å². The summed E-state index contributed by atoms with van der Waals surface area (Å²) in [6.07, 6.45) is 3.11. The molecule has 19 heavy (non-hydrogen) atoms. The first-order valence-electron chi connectivity index (χ1n) is 6.77. The molecule has 1 saturated carbocycles. The Morgan fingerprint density at radius 3 is 2.53 bits per heavy atom.